The predicted molar refractivity (Wildman–Crippen MR) is 64.0 cm³/mol. The van der Waals surface area contributed by atoms with Crippen LogP contribution in [0.2, 0.25) is 0 Å². The summed E-state index contributed by atoms with van der Waals surface area (Å²) in [5.74, 6) is 1.51. The van der Waals surface area contributed by atoms with Crippen LogP contribution in [0.5, 0.6) is 0 Å². The minimum absolute atomic E-state index is 0.389. The van der Waals surface area contributed by atoms with Gasteiger partial charge in [-0.05, 0) is 20.3 Å². The van der Waals surface area contributed by atoms with Crippen molar-refractivity contribution in [3.05, 3.63) is 24.0 Å². The molecule has 0 aromatic rings. The van der Waals surface area contributed by atoms with Crippen LogP contribution in [0, 0.1) is 0 Å². The van der Waals surface area contributed by atoms with E-state index in [1.165, 1.54) is 5.82 Å². The molecule has 0 N–H and O–H groups in total. The van der Waals surface area contributed by atoms with Crippen LogP contribution in [0.3, 0.4) is 0 Å². The Bertz CT molecular complexity index is 236. The van der Waals surface area contributed by atoms with Gasteiger partial charge in [0.25, 0.3) is 0 Å². The summed E-state index contributed by atoms with van der Waals surface area (Å²) in [6.45, 7) is 6.48. The van der Waals surface area contributed by atoms with E-state index < -0.39 is 7.60 Å². The molecular formula is C11H21O3P. The quantitative estimate of drug-likeness (QED) is 0.466. The van der Waals surface area contributed by atoms with Gasteiger partial charge >= 0.3 is 7.60 Å². The van der Waals surface area contributed by atoms with Gasteiger partial charge in [-0.3, -0.25) is 4.57 Å². The van der Waals surface area contributed by atoms with Crippen molar-refractivity contribution in [3.8, 4) is 0 Å². The third kappa shape index (κ3) is 7.55. The molecule has 0 saturated carbocycles. The first-order valence-corrected chi connectivity index (χ1v) is 7.02. The number of unbranched alkanes of at least 4 members (excludes halogenated alkanes) is 1. The SMILES string of the molecule is CCC/C=C/C=C\P(=O)(OCC)OCC. The summed E-state index contributed by atoms with van der Waals surface area (Å²) in [6.07, 6.45) is 7.76. The average Bonchev–Trinajstić information content (AvgIpc) is 2.18. The largest absolute Gasteiger partial charge is 0.354 e. The van der Waals surface area contributed by atoms with Crippen LogP contribution in [-0.2, 0) is 13.6 Å². The lowest BCUT2D eigenvalue weighted by Crippen LogP contribution is -1.92. The molecular weight excluding hydrogens is 211 g/mol. The van der Waals surface area contributed by atoms with Gasteiger partial charge in [-0.2, -0.15) is 0 Å². The van der Waals surface area contributed by atoms with Crippen molar-refractivity contribution in [1.29, 1.82) is 0 Å². The molecule has 0 spiro atoms. The van der Waals surface area contributed by atoms with E-state index in [0.29, 0.717) is 13.2 Å². The fourth-order valence-corrected chi connectivity index (χ4v) is 2.26. The van der Waals surface area contributed by atoms with E-state index in [4.69, 9.17) is 9.05 Å². The first kappa shape index (κ1) is 14.6. The standard InChI is InChI=1S/C11H21O3P/c1-4-7-8-9-10-11-15(12,13-5-2)14-6-3/h8-11H,4-7H2,1-3H3/b9-8+,11-10-. The molecule has 0 unspecified atom stereocenters. The topological polar surface area (TPSA) is 35.5 Å². The normalized spacial score (nSPS) is 13.0. The van der Waals surface area contributed by atoms with Crippen molar-refractivity contribution in [1.82, 2.24) is 0 Å². The van der Waals surface area contributed by atoms with Gasteiger partial charge in [0.1, 0.15) is 0 Å². The number of hydrogen-bond donors (Lipinski definition) is 0. The number of hydrogen-bond acceptors (Lipinski definition) is 3. The maximum Gasteiger partial charge on any atom is 0.354 e. The summed E-state index contributed by atoms with van der Waals surface area (Å²) in [6, 6.07) is 0. The predicted octanol–water partition coefficient (Wildman–Crippen LogP) is 4.12. The smallest absolute Gasteiger partial charge is 0.306 e. The number of allylic oxidation sites excluding steroid dienone is 3. The molecule has 0 aliphatic carbocycles. The molecule has 0 heterocycles. The zero-order valence-electron chi connectivity index (χ0n) is 9.81. The Morgan fingerprint density at radius 1 is 1.07 bits per heavy atom. The highest BCUT2D eigenvalue weighted by Gasteiger charge is 2.17. The van der Waals surface area contributed by atoms with Crippen LogP contribution in [0.4, 0.5) is 0 Å². The van der Waals surface area contributed by atoms with Crippen molar-refractivity contribution >= 4 is 7.60 Å². The lowest BCUT2D eigenvalue weighted by molar-refractivity contribution is 0.229. The van der Waals surface area contributed by atoms with Crippen LogP contribution < -0.4 is 0 Å². The van der Waals surface area contributed by atoms with Crippen LogP contribution in [-0.4, -0.2) is 13.2 Å². The van der Waals surface area contributed by atoms with Gasteiger partial charge in [-0.1, -0.05) is 31.6 Å². The lowest BCUT2D eigenvalue weighted by Gasteiger charge is -2.11. The third-order valence-corrected chi connectivity index (χ3v) is 3.36. The summed E-state index contributed by atoms with van der Waals surface area (Å²) < 4.78 is 22.1. The maximum atomic E-state index is 11.9. The highest BCUT2D eigenvalue weighted by Crippen LogP contribution is 2.49. The van der Waals surface area contributed by atoms with E-state index in [1.807, 2.05) is 12.2 Å². The molecule has 0 aromatic carbocycles. The summed E-state index contributed by atoms with van der Waals surface area (Å²) in [4.78, 5) is 0. The molecule has 0 bridgehead atoms. The fourth-order valence-electron chi connectivity index (χ4n) is 0.980. The second kappa shape index (κ2) is 8.90. The highest BCUT2D eigenvalue weighted by atomic mass is 31.2. The van der Waals surface area contributed by atoms with E-state index in [2.05, 4.69) is 6.92 Å². The second-order valence-corrected chi connectivity index (χ2v) is 4.83. The van der Waals surface area contributed by atoms with Crippen molar-refractivity contribution < 1.29 is 13.6 Å². The summed E-state index contributed by atoms with van der Waals surface area (Å²) in [5, 5.41) is 0. The van der Waals surface area contributed by atoms with Crippen molar-refractivity contribution in [2.24, 2.45) is 0 Å². The van der Waals surface area contributed by atoms with Crippen molar-refractivity contribution in [2.75, 3.05) is 13.2 Å². The molecule has 0 radical (unpaired) electrons. The van der Waals surface area contributed by atoms with Crippen LogP contribution in [0.25, 0.3) is 0 Å². The van der Waals surface area contributed by atoms with Gasteiger partial charge in [0, 0.05) is 5.82 Å². The molecule has 88 valence electrons. The van der Waals surface area contributed by atoms with Gasteiger partial charge in [0.2, 0.25) is 0 Å². The van der Waals surface area contributed by atoms with Gasteiger partial charge in [0.05, 0.1) is 13.2 Å². The molecule has 0 aliphatic rings. The van der Waals surface area contributed by atoms with Gasteiger partial charge < -0.3 is 9.05 Å². The van der Waals surface area contributed by atoms with E-state index in [9.17, 15) is 4.57 Å². The molecule has 4 heteroatoms. The molecule has 0 saturated heterocycles. The lowest BCUT2D eigenvalue weighted by atomic mass is 10.3. The minimum atomic E-state index is -3.00. The van der Waals surface area contributed by atoms with E-state index >= 15 is 0 Å². The van der Waals surface area contributed by atoms with Crippen LogP contribution in [0.15, 0.2) is 24.0 Å². The molecule has 0 rings (SSSR count). The van der Waals surface area contributed by atoms with Crippen LogP contribution >= 0.6 is 7.60 Å². The van der Waals surface area contributed by atoms with Gasteiger partial charge in [-0.25, -0.2) is 0 Å². The van der Waals surface area contributed by atoms with E-state index in [-0.39, 0.29) is 0 Å². The van der Waals surface area contributed by atoms with E-state index in [1.54, 1.807) is 19.9 Å². The summed E-state index contributed by atoms with van der Waals surface area (Å²) in [5.41, 5.74) is 0. The summed E-state index contributed by atoms with van der Waals surface area (Å²) >= 11 is 0. The maximum absolute atomic E-state index is 11.9. The van der Waals surface area contributed by atoms with Gasteiger partial charge in [0.15, 0.2) is 0 Å². The fraction of sp³-hybridized carbons (Fsp3) is 0.636. The Balaban J connectivity index is 4.21. The minimum Gasteiger partial charge on any atom is -0.306 e. The Labute approximate surface area is 92.7 Å². The summed E-state index contributed by atoms with van der Waals surface area (Å²) in [7, 11) is -3.00. The van der Waals surface area contributed by atoms with Gasteiger partial charge in [-0.15, -0.1) is 0 Å². The van der Waals surface area contributed by atoms with Crippen LogP contribution in [0.1, 0.15) is 33.6 Å². The molecule has 0 aromatic heterocycles. The zero-order chi connectivity index (χ0) is 11.6. The van der Waals surface area contributed by atoms with Crippen molar-refractivity contribution in [3.63, 3.8) is 0 Å². The number of rotatable bonds is 8. The van der Waals surface area contributed by atoms with Crippen molar-refractivity contribution in [2.45, 2.75) is 33.6 Å². The molecule has 0 atom stereocenters. The Kier molecular flexibility index (Phi) is 8.68. The Morgan fingerprint density at radius 2 is 1.67 bits per heavy atom. The third-order valence-electron chi connectivity index (χ3n) is 1.59. The molecule has 3 nitrogen and oxygen atoms in total. The Morgan fingerprint density at radius 3 is 2.13 bits per heavy atom. The Hall–Kier alpha value is -0.370. The van der Waals surface area contributed by atoms with E-state index in [0.717, 1.165) is 12.8 Å². The molecule has 15 heavy (non-hydrogen) atoms. The average molecular weight is 232 g/mol. The second-order valence-electron chi connectivity index (χ2n) is 2.93. The zero-order valence-corrected chi connectivity index (χ0v) is 10.7. The highest BCUT2D eigenvalue weighted by molar-refractivity contribution is 7.57. The molecule has 0 fully saturated rings. The molecule has 0 amide bonds. The first-order valence-electron chi connectivity index (χ1n) is 5.41. The molecule has 0 aliphatic heterocycles. The monoisotopic (exact) mass is 232 g/mol. The first-order chi connectivity index (χ1) is 7.18.